The number of hydrogen-bond donors (Lipinski definition) is 10. The van der Waals surface area contributed by atoms with E-state index in [9.17, 15) is 116 Å². The summed E-state index contributed by atoms with van der Waals surface area (Å²) < 4.78 is 123. The average molecular weight is 1800 g/mol. The van der Waals surface area contributed by atoms with E-state index in [1.54, 1.807) is 0 Å². The number of nitrogen functional groups attached to an aromatic ring is 2. The number of ketones is 2. The molecule has 0 bridgehead atoms. The Morgan fingerprint density at radius 3 is 1.21 bits per heavy atom. The molecule has 4 amide bonds. The van der Waals surface area contributed by atoms with Crippen LogP contribution < -0.4 is 71.9 Å². The minimum absolute atomic E-state index is 0.00788. The predicted molar refractivity (Wildman–Crippen MR) is 394 cm³/mol. The van der Waals surface area contributed by atoms with Gasteiger partial charge in [-0.1, -0.05) is 98.9 Å². The number of unbranched alkanes of at least 4 members (excludes halogenated alkanes) is 3. The minimum Gasteiger partial charge on any atom is -0.790 e. The summed E-state index contributed by atoms with van der Waals surface area (Å²) in [7, 11) is -35.7. The predicted octanol–water partition coefficient (Wildman–Crippen LogP) is -2.75. The Balaban J connectivity index is 0.710. The number of nitrogens with two attached hydrogens (primary N) is 2. The number of fused-ring (bicyclic) bond motifs is 2. The summed E-state index contributed by atoms with van der Waals surface area (Å²) in [4.78, 5) is 198. The standard InChI is InChI=1S/C65H104N14O34P6/c1-62(2,42(80)20-26-68-44(82)22-28-70-58(88)52(86)64(5,6)32-106-118(100,101)112-116(96,97)104-30-40-50(110-114(90,91)92)48(84)60(108-40)78-36-76-46-54(66)72-34-74-56(46)78)24-14-9-10-16-38-17-11-12-18-39(38)19-13-15-25-63(3,4)43(81)21-27-69-45(83)23-29-71-59(89)53(87)65(7,8)33-107-119(102,103)113-117(98,99)105-31-41-51(111-115(93,94)95)49(85)61(109-41)79-37-77-47-55(67)73-35-75-57(47)79/h11-12,17-18,34-37,40-41,48-53,60-61,84-87H,9-10,13-16,19-33H2,1-8H3,(H,68,82)(H,69,83)(H,70,88)(H,71,89)(H,96,97)(H,98,99)(H,100,101)(H,102,103)(H2,66,72,74)(H2,67,73,75)(H2,90,91,92)(H2,93,94,95)/p-8. The van der Waals surface area contributed by atoms with Gasteiger partial charge in [0.2, 0.25) is 23.6 Å². The van der Waals surface area contributed by atoms with E-state index >= 15 is 0 Å². The number of hydrogen-bond acceptors (Lipinski definition) is 42. The Morgan fingerprint density at radius 1 is 0.496 bits per heavy atom. The molecule has 54 heteroatoms. The second-order valence-corrected chi connectivity index (χ2v) is 38.7. The number of imidazole rings is 2. The molecule has 0 radical (unpaired) electrons. The van der Waals surface area contributed by atoms with Crippen LogP contribution in [-0.2, 0) is 114 Å². The number of anilines is 2. The van der Waals surface area contributed by atoms with E-state index in [0.29, 0.717) is 12.8 Å². The summed E-state index contributed by atoms with van der Waals surface area (Å²) in [5.74, 6) is -3.65. The Labute approximate surface area is 681 Å². The van der Waals surface area contributed by atoms with Gasteiger partial charge in [0.25, 0.3) is 31.3 Å². The lowest BCUT2D eigenvalue weighted by molar-refractivity contribution is -0.348. The lowest BCUT2D eigenvalue weighted by atomic mass is 9.81. The number of aromatic nitrogens is 8. The van der Waals surface area contributed by atoms with Crippen LogP contribution in [0.3, 0.4) is 0 Å². The first-order valence-corrected chi connectivity index (χ1v) is 45.7. The van der Waals surface area contributed by atoms with Gasteiger partial charge in [-0.05, 0) is 49.7 Å². The fourth-order valence-corrected chi connectivity index (χ4v) is 17.9. The second-order valence-electron chi connectivity index (χ2n) is 30.6. The van der Waals surface area contributed by atoms with Gasteiger partial charge < -0.3 is 138 Å². The van der Waals surface area contributed by atoms with Crippen LogP contribution in [-0.4, -0.2) is 196 Å². The minimum atomic E-state index is -6.00. The summed E-state index contributed by atoms with van der Waals surface area (Å²) in [6, 6.07) is 8.04. The molecule has 14 unspecified atom stereocenters. The molecule has 12 N–H and O–H groups in total. The van der Waals surface area contributed by atoms with Gasteiger partial charge in [0.15, 0.2) is 35.4 Å². The molecule has 4 aromatic heterocycles. The molecule has 1 aromatic carbocycles. The molecule has 7 rings (SSSR count). The van der Waals surface area contributed by atoms with E-state index in [-0.39, 0.29) is 97.4 Å². The van der Waals surface area contributed by atoms with Crippen LogP contribution in [0.15, 0.2) is 49.6 Å². The van der Waals surface area contributed by atoms with E-state index in [4.69, 9.17) is 20.9 Å². The number of ether oxygens (including phenoxy) is 2. The zero-order valence-electron chi connectivity index (χ0n) is 65.7. The van der Waals surface area contributed by atoms with Crippen LogP contribution in [0.4, 0.5) is 11.6 Å². The highest BCUT2D eigenvalue weighted by molar-refractivity contribution is 7.60. The number of aliphatic hydroxyl groups is 4. The molecule has 119 heavy (non-hydrogen) atoms. The van der Waals surface area contributed by atoms with Gasteiger partial charge in [-0.3, -0.25) is 56.2 Å². The number of aliphatic hydroxyl groups excluding tert-OH is 4. The number of amides is 4. The van der Waals surface area contributed by atoms with Gasteiger partial charge >= 0.3 is 0 Å². The van der Waals surface area contributed by atoms with Crippen molar-refractivity contribution >= 4 is 116 Å². The van der Waals surface area contributed by atoms with Crippen LogP contribution in [0.1, 0.15) is 150 Å². The van der Waals surface area contributed by atoms with E-state index < -0.39 is 180 Å². The smallest absolute Gasteiger partial charge is 0.274 e. The van der Waals surface area contributed by atoms with Crippen LogP contribution in [0, 0.1) is 21.7 Å². The number of benzene rings is 1. The van der Waals surface area contributed by atoms with Gasteiger partial charge in [-0.15, -0.1) is 0 Å². The molecule has 6 heterocycles. The zero-order valence-corrected chi connectivity index (χ0v) is 71.1. The number of nitrogens with one attached hydrogen (secondary N) is 4. The maximum Gasteiger partial charge on any atom is 0.274 e. The molecule has 0 spiro atoms. The lowest BCUT2D eigenvalue weighted by Gasteiger charge is -2.36. The van der Waals surface area contributed by atoms with Crippen molar-refractivity contribution < 1.29 is 161 Å². The summed E-state index contributed by atoms with van der Waals surface area (Å²) in [5.41, 5.74) is 8.84. The molecule has 5 aromatic rings. The Hall–Kier alpha value is -6.36. The third-order valence-electron chi connectivity index (χ3n) is 19.3. The quantitative estimate of drug-likeness (QED) is 0.0139. The number of nitrogens with zero attached hydrogens (tertiary/aromatic N) is 8. The van der Waals surface area contributed by atoms with Crippen molar-refractivity contribution in [2.45, 2.75) is 200 Å². The molecule has 0 saturated carbocycles. The Kier molecular flexibility index (Phi) is 35.1. The van der Waals surface area contributed by atoms with Crippen molar-refractivity contribution in [2.75, 3.05) is 64.1 Å². The van der Waals surface area contributed by atoms with Crippen LogP contribution in [0.2, 0.25) is 0 Å². The first kappa shape index (κ1) is 99.7. The number of phosphoric acid groups is 6. The molecular weight excluding hydrogens is 1710 g/mol. The van der Waals surface area contributed by atoms with Crippen molar-refractivity contribution in [1.82, 2.24) is 60.3 Å². The molecule has 2 aliphatic rings. The number of aryl methyl sites for hydroxylation is 2. The molecule has 0 aliphatic carbocycles. The van der Waals surface area contributed by atoms with Crippen molar-refractivity contribution in [2.24, 2.45) is 21.7 Å². The zero-order chi connectivity index (χ0) is 88.7. The number of rotatable bonds is 51. The topological polar surface area (TPSA) is 750 Å². The first-order chi connectivity index (χ1) is 55.1. The third kappa shape index (κ3) is 30.0. The fourth-order valence-electron chi connectivity index (χ4n) is 12.4. The van der Waals surface area contributed by atoms with Crippen molar-refractivity contribution in [3.05, 3.63) is 60.7 Å². The summed E-state index contributed by atoms with van der Waals surface area (Å²) in [5, 5.41) is 53.3. The number of carbonyl (C=O) groups excluding carboxylic acids is 6. The SMILES string of the molecule is CC(C)(CCCCCc1ccccc1CCCCC(C)(C)C(=O)CCNC(=O)CCNC(=O)C(O)C(C)(C)COP(=O)([O-])OP(=O)([O-])OCC1OC(n2cnc3c(N)ncnc32)C(O)C1OP(=O)([O-])[O-])C(=O)CCNC(=O)CCNC(=O)C(O)C(C)(C)COP(=O)([O-])OP(=O)([O-])OCC1OC(n2cnc3c(N)ncnc32)C(O)C1OP(=O)([O-])[O-]. The molecule has 2 saturated heterocycles. The number of phosphoric ester groups is 6. The van der Waals surface area contributed by atoms with Crippen LogP contribution >= 0.6 is 46.9 Å². The number of Topliss-reactive ketones (excluding diaryl/α,β-unsaturated/α-hetero) is 2. The van der Waals surface area contributed by atoms with Gasteiger partial charge in [0, 0.05) is 73.5 Å². The summed E-state index contributed by atoms with van der Waals surface area (Å²) >= 11 is 0. The van der Waals surface area contributed by atoms with E-state index in [0.717, 1.165) is 79.4 Å². The van der Waals surface area contributed by atoms with Crippen molar-refractivity contribution in [3.8, 4) is 0 Å². The Morgan fingerprint density at radius 2 is 0.840 bits per heavy atom. The fraction of sp³-hybridized carbons (Fsp3) is 0.662. The average Bonchev–Trinajstić information content (AvgIpc) is 1.62. The van der Waals surface area contributed by atoms with Crippen molar-refractivity contribution in [1.29, 1.82) is 0 Å². The molecule has 48 nitrogen and oxygen atoms in total. The lowest BCUT2D eigenvalue weighted by Crippen LogP contribution is -2.46. The molecule has 14 atom stereocenters. The van der Waals surface area contributed by atoms with Gasteiger partial charge in [-0.25, -0.2) is 38.5 Å². The van der Waals surface area contributed by atoms with Crippen LogP contribution in [0.5, 0.6) is 0 Å². The highest BCUT2D eigenvalue weighted by Gasteiger charge is 2.50. The van der Waals surface area contributed by atoms with E-state index in [1.165, 1.54) is 38.8 Å². The monoisotopic (exact) mass is 1800 g/mol. The van der Waals surface area contributed by atoms with Crippen molar-refractivity contribution in [3.63, 3.8) is 0 Å². The van der Waals surface area contributed by atoms with Gasteiger partial charge in [-0.2, -0.15) is 0 Å². The van der Waals surface area contributed by atoms with E-state index in [1.807, 2.05) is 39.8 Å². The van der Waals surface area contributed by atoms with E-state index in [2.05, 4.69) is 99.1 Å². The third-order valence-corrected chi connectivity index (χ3v) is 25.4. The maximum absolute atomic E-state index is 13.3. The van der Waals surface area contributed by atoms with Crippen LogP contribution in [0.25, 0.3) is 22.3 Å². The highest BCUT2D eigenvalue weighted by atomic mass is 31.3. The Bertz CT molecular complexity index is 4660. The second kappa shape index (κ2) is 41.9. The summed E-state index contributed by atoms with van der Waals surface area (Å²) in [6.07, 6.45) is -9.33. The van der Waals surface area contributed by atoms with Gasteiger partial charge in [0.1, 0.15) is 84.1 Å². The summed E-state index contributed by atoms with van der Waals surface area (Å²) in [6.45, 7) is 6.58. The highest BCUT2D eigenvalue weighted by Crippen LogP contribution is 2.58. The van der Waals surface area contributed by atoms with Gasteiger partial charge in [0.05, 0.1) is 54.7 Å². The normalized spacial score (nSPS) is 21.5. The first-order valence-electron chi connectivity index (χ1n) is 36.9. The largest absolute Gasteiger partial charge is 0.790 e. The molecule has 668 valence electrons. The molecular formula is C65H96N14O34P6-8. The molecule has 2 aliphatic heterocycles. The maximum atomic E-state index is 13.3. The number of carbonyl (C=O) groups is 6. The molecule has 2 fully saturated rings.